The lowest BCUT2D eigenvalue weighted by Gasteiger charge is -2.55. The highest BCUT2D eigenvalue weighted by Crippen LogP contribution is 2.53. The van der Waals surface area contributed by atoms with Crippen molar-refractivity contribution in [3.05, 3.63) is 28.8 Å². The first-order valence-corrected chi connectivity index (χ1v) is 14.2. The molecule has 2 unspecified atom stereocenters. The van der Waals surface area contributed by atoms with Gasteiger partial charge in [-0.1, -0.05) is 13.0 Å². The van der Waals surface area contributed by atoms with Crippen LogP contribution in [0.4, 0.5) is 5.69 Å². The number of phenols is 1. The lowest BCUT2D eigenvalue weighted by Crippen LogP contribution is -2.76. The number of ketones is 2. The molecule has 0 aromatic heterocycles. The van der Waals surface area contributed by atoms with Gasteiger partial charge < -0.3 is 46.4 Å². The Labute approximate surface area is 238 Å². The second-order valence-electron chi connectivity index (χ2n) is 12.1. The number of piperidine rings is 1. The van der Waals surface area contributed by atoms with Crippen molar-refractivity contribution in [1.82, 2.24) is 9.80 Å². The van der Waals surface area contributed by atoms with Crippen LogP contribution in [-0.2, 0) is 20.8 Å². The van der Waals surface area contributed by atoms with Crippen LogP contribution < -0.4 is 11.1 Å². The maximum Gasteiger partial charge on any atom is 0.230 e. The number of anilines is 1. The van der Waals surface area contributed by atoms with E-state index in [1.165, 1.54) is 19.0 Å². The van der Waals surface area contributed by atoms with Gasteiger partial charge in [-0.3, -0.25) is 14.4 Å². The Kier molecular flexibility index (Phi) is 7.66. The Morgan fingerprint density at radius 2 is 1.80 bits per heavy atom. The fourth-order valence-electron chi connectivity index (χ4n) is 7.54. The number of hydrogen-bond donors (Lipinski definition) is 7. The van der Waals surface area contributed by atoms with Gasteiger partial charge in [0.15, 0.2) is 11.4 Å². The maximum atomic E-state index is 14.0. The van der Waals surface area contributed by atoms with Gasteiger partial charge in [0, 0.05) is 42.6 Å². The molecule has 1 aliphatic heterocycles. The summed E-state index contributed by atoms with van der Waals surface area (Å²) in [6, 6.07) is 2.33. The van der Waals surface area contributed by atoms with Gasteiger partial charge in [-0.05, 0) is 58.0 Å². The highest BCUT2D eigenvalue weighted by molar-refractivity contribution is 6.25. The second-order valence-corrected chi connectivity index (χ2v) is 12.1. The molecule has 1 saturated heterocycles. The number of nitrogens with two attached hydrogens (primary N) is 1. The van der Waals surface area contributed by atoms with Crippen LogP contribution in [-0.4, -0.2) is 116 Å². The van der Waals surface area contributed by atoms with Crippen molar-refractivity contribution < 1.29 is 39.9 Å². The fourth-order valence-corrected chi connectivity index (χ4v) is 7.54. The van der Waals surface area contributed by atoms with E-state index in [2.05, 4.69) is 17.1 Å². The van der Waals surface area contributed by atoms with Crippen LogP contribution in [0, 0.1) is 17.8 Å². The molecule has 1 heterocycles. The summed E-state index contributed by atoms with van der Waals surface area (Å²) in [5.41, 5.74) is 2.93. The number of fused-ring (bicyclic) bond motifs is 3. The van der Waals surface area contributed by atoms with Gasteiger partial charge in [-0.2, -0.15) is 0 Å². The van der Waals surface area contributed by atoms with Crippen LogP contribution in [0.3, 0.4) is 0 Å². The number of aliphatic hydroxyl groups excluding tert-OH is 3. The van der Waals surface area contributed by atoms with Gasteiger partial charge in [-0.15, -0.1) is 0 Å². The first-order chi connectivity index (χ1) is 19.3. The minimum absolute atomic E-state index is 0.00817. The van der Waals surface area contributed by atoms with Crippen molar-refractivity contribution in [2.45, 2.75) is 62.5 Å². The number of amides is 1. The molecule has 5 rings (SSSR count). The van der Waals surface area contributed by atoms with Gasteiger partial charge in [0.1, 0.15) is 17.4 Å². The Bertz CT molecular complexity index is 1290. The number of carbonyl (C=O) groups is 3. The van der Waals surface area contributed by atoms with Crippen molar-refractivity contribution in [2.24, 2.45) is 23.5 Å². The van der Waals surface area contributed by atoms with Crippen LogP contribution in [0.1, 0.15) is 37.3 Å². The zero-order valence-corrected chi connectivity index (χ0v) is 23.6. The molecule has 1 aromatic rings. The summed E-state index contributed by atoms with van der Waals surface area (Å²) in [7, 11) is 3.05. The zero-order chi connectivity index (χ0) is 30.0. The third-order valence-corrected chi connectivity index (χ3v) is 9.53. The minimum Gasteiger partial charge on any atom is -0.507 e. The number of nitrogens with one attached hydrogen (secondary N) is 1. The van der Waals surface area contributed by atoms with Crippen molar-refractivity contribution in [1.29, 1.82) is 0 Å². The number of primary amides is 1. The molecule has 4 aliphatic rings. The van der Waals surface area contributed by atoms with E-state index in [-0.39, 0.29) is 23.8 Å². The summed E-state index contributed by atoms with van der Waals surface area (Å²) in [4.78, 5) is 43.4. The summed E-state index contributed by atoms with van der Waals surface area (Å²) in [5, 5.41) is 60.3. The van der Waals surface area contributed by atoms with Crippen molar-refractivity contribution in [2.75, 3.05) is 39.0 Å². The lowest BCUT2D eigenvalue weighted by atomic mass is 9.53. The molecule has 2 saturated carbocycles. The molecule has 7 atom stereocenters. The molecule has 224 valence electrons. The van der Waals surface area contributed by atoms with Crippen LogP contribution in [0.2, 0.25) is 0 Å². The van der Waals surface area contributed by atoms with Crippen LogP contribution in [0.5, 0.6) is 5.75 Å². The summed E-state index contributed by atoms with van der Waals surface area (Å²) in [5.74, 6) is -9.05. The van der Waals surface area contributed by atoms with E-state index in [9.17, 15) is 39.9 Å². The van der Waals surface area contributed by atoms with E-state index in [0.29, 0.717) is 11.3 Å². The maximum absolute atomic E-state index is 14.0. The molecule has 3 fully saturated rings. The standard InChI is InChI=1S/C29H40N4O8/c1-4-9-33-10-7-14(8-11-33)31-16-6-5-13-12-15-18(24(36)17(13)23(16)35)26(38)29(41)20(22(15)34)21(32(2)3)25(37)19(27(29)39)28(30)40/h5-6,14-15,19-22,25,31,34-37,41H,4,7-12H2,1-3H3,(H2,30,40)/t15-,19?,20-,21+,22+,25?,29+/m0/s1. The van der Waals surface area contributed by atoms with E-state index in [4.69, 9.17) is 5.73 Å². The van der Waals surface area contributed by atoms with Gasteiger partial charge in [0.25, 0.3) is 0 Å². The molecule has 1 amide bonds. The molecular weight excluding hydrogens is 532 g/mol. The summed E-state index contributed by atoms with van der Waals surface area (Å²) >= 11 is 0. The number of carbonyl (C=O) groups excluding carboxylic acids is 3. The highest BCUT2D eigenvalue weighted by Gasteiger charge is 2.70. The van der Waals surface area contributed by atoms with Gasteiger partial charge in [0.2, 0.25) is 11.7 Å². The van der Waals surface area contributed by atoms with E-state index in [0.717, 1.165) is 38.9 Å². The summed E-state index contributed by atoms with van der Waals surface area (Å²) < 4.78 is 0. The second kappa shape index (κ2) is 10.7. The minimum atomic E-state index is -2.93. The SMILES string of the molecule is CCCN1CCC(Nc2ccc3c(c2O)C(O)=C2C(=O)[C@@]4(O)C(=O)C(C(N)=O)C(O)[C@H](N(C)C)[C@H]4[C@H](O)[C@H]2C3)CC1. The number of phenolic OH excluding ortho intramolecular Hbond substituents is 1. The number of rotatable bonds is 6. The molecule has 3 aliphatic carbocycles. The molecule has 12 nitrogen and oxygen atoms in total. The lowest BCUT2D eigenvalue weighted by molar-refractivity contribution is -0.198. The Morgan fingerprint density at radius 3 is 2.39 bits per heavy atom. The number of hydrogen-bond acceptors (Lipinski definition) is 11. The number of aliphatic hydroxyl groups is 4. The number of aromatic hydroxyl groups is 1. The number of benzene rings is 1. The number of likely N-dealkylation sites (N-methyl/N-ethyl adjacent to an activating group) is 1. The highest BCUT2D eigenvalue weighted by atomic mass is 16.3. The first-order valence-electron chi connectivity index (χ1n) is 14.2. The molecule has 0 radical (unpaired) electrons. The number of nitrogens with zero attached hydrogens (tertiary/aromatic N) is 2. The third-order valence-electron chi connectivity index (χ3n) is 9.53. The Balaban J connectivity index is 1.54. The first kappa shape index (κ1) is 29.5. The van der Waals surface area contributed by atoms with E-state index < -0.39 is 70.4 Å². The molecule has 41 heavy (non-hydrogen) atoms. The van der Waals surface area contributed by atoms with Crippen molar-refractivity contribution in [3.63, 3.8) is 0 Å². The Morgan fingerprint density at radius 1 is 1.15 bits per heavy atom. The van der Waals surface area contributed by atoms with Crippen LogP contribution in [0.15, 0.2) is 17.7 Å². The third kappa shape index (κ3) is 4.43. The van der Waals surface area contributed by atoms with E-state index in [1.807, 2.05) is 0 Å². The van der Waals surface area contributed by atoms with Crippen molar-refractivity contribution in [3.8, 4) is 5.75 Å². The number of likely N-dealkylation sites (tertiary alicyclic amines) is 1. The van der Waals surface area contributed by atoms with Gasteiger partial charge in [0.05, 0.1) is 23.5 Å². The summed E-state index contributed by atoms with van der Waals surface area (Å²) in [6.07, 6.45) is -0.395. The van der Waals surface area contributed by atoms with Crippen LogP contribution in [0.25, 0.3) is 5.76 Å². The van der Waals surface area contributed by atoms with Crippen molar-refractivity contribution >= 4 is 28.9 Å². The van der Waals surface area contributed by atoms with Crippen LogP contribution >= 0.6 is 0 Å². The number of Topliss-reactive ketones (excluding diaryl/α,β-unsaturated/α-hetero) is 2. The normalized spacial score (nSPS) is 34.3. The topological polar surface area (TPSA) is 197 Å². The van der Waals surface area contributed by atoms with E-state index in [1.54, 1.807) is 12.1 Å². The predicted molar refractivity (Wildman–Crippen MR) is 149 cm³/mol. The zero-order valence-electron chi connectivity index (χ0n) is 23.6. The molecule has 0 bridgehead atoms. The average molecular weight is 573 g/mol. The molecular formula is C29H40N4O8. The van der Waals surface area contributed by atoms with E-state index >= 15 is 0 Å². The molecule has 1 aromatic carbocycles. The molecule has 8 N–H and O–H groups in total. The van der Waals surface area contributed by atoms with Gasteiger partial charge >= 0.3 is 0 Å². The largest absolute Gasteiger partial charge is 0.507 e. The average Bonchev–Trinajstić information content (AvgIpc) is 2.91. The fraction of sp³-hybridized carbons (Fsp3) is 0.621. The Hall–Kier alpha value is -3.03. The quantitative estimate of drug-likeness (QED) is 0.170. The summed E-state index contributed by atoms with van der Waals surface area (Å²) in [6.45, 7) is 5.01. The molecule has 0 spiro atoms. The monoisotopic (exact) mass is 572 g/mol. The predicted octanol–water partition coefficient (Wildman–Crippen LogP) is -0.614. The van der Waals surface area contributed by atoms with Gasteiger partial charge in [-0.25, -0.2) is 0 Å². The smallest absolute Gasteiger partial charge is 0.230 e. The molecule has 12 heteroatoms.